The molecule has 1 atom stereocenters. The molecular formula is C27H28ClF3N4O3. The lowest BCUT2D eigenvalue weighted by Gasteiger charge is -2.26. The molecule has 11 heteroatoms. The van der Waals surface area contributed by atoms with Crippen molar-refractivity contribution in [2.75, 3.05) is 24.5 Å². The molecule has 3 heterocycles. The van der Waals surface area contributed by atoms with E-state index < -0.39 is 12.1 Å². The highest BCUT2D eigenvalue weighted by molar-refractivity contribution is 6.30. The van der Waals surface area contributed by atoms with E-state index >= 15 is 0 Å². The molecule has 2 aliphatic heterocycles. The maximum atomic E-state index is 13.9. The minimum absolute atomic E-state index is 0.109. The summed E-state index contributed by atoms with van der Waals surface area (Å²) in [4.78, 5) is 22.7. The number of anilines is 1. The Morgan fingerprint density at radius 3 is 2.63 bits per heavy atom. The number of benzene rings is 2. The fraction of sp³-hybridized carbons (Fsp3) is 0.407. The zero-order chi connectivity index (χ0) is 26.9. The topological polar surface area (TPSA) is 59.8 Å². The van der Waals surface area contributed by atoms with E-state index in [4.69, 9.17) is 21.3 Å². The van der Waals surface area contributed by atoms with E-state index in [1.807, 2.05) is 17.0 Å². The van der Waals surface area contributed by atoms with Crippen LogP contribution in [0.1, 0.15) is 48.7 Å². The normalized spacial score (nSPS) is 17.3. The van der Waals surface area contributed by atoms with Gasteiger partial charge >= 0.3 is 12.4 Å². The van der Waals surface area contributed by atoms with E-state index in [1.165, 1.54) is 18.2 Å². The molecular weight excluding hydrogens is 521 g/mol. The fourth-order valence-corrected chi connectivity index (χ4v) is 5.13. The van der Waals surface area contributed by atoms with Crippen LogP contribution in [-0.4, -0.2) is 52.4 Å². The van der Waals surface area contributed by atoms with Crippen molar-refractivity contribution in [3.63, 3.8) is 0 Å². The first-order valence-electron chi connectivity index (χ1n) is 12.7. The van der Waals surface area contributed by atoms with Crippen LogP contribution in [0.25, 0.3) is 0 Å². The second-order valence-corrected chi connectivity index (χ2v) is 9.93. The third-order valence-corrected chi connectivity index (χ3v) is 7.02. The van der Waals surface area contributed by atoms with Gasteiger partial charge in [0, 0.05) is 36.8 Å². The summed E-state index contributed by atoms with van der Waals surface area (Å²) in [5.41, 5.74) is 1.28. The largest absolute Gasteiger partial charge is 0.573 e. The second kappa shape index (κ2) is 10.8. The van der Waals surface area contributed by atoms with E-state index in [1.54, 1.807) is 16.7 Å². The lowest BCUT2D eigenvalue weighted by Crippen LogP contribution is -2.40. The van der Waals surface area contributed by atoms with E-state index in [0.717, 1.165) is 43.9 Å². The highest BCUT2D eigenvalue weighted by Gasteiger charge is 2.40. The molecule has 2 aliphatic rings. The highest BCUT2D eigenvalue weighted by Crippen LogP contribution is 2.38. The molecule has 0 saturated carbocycles. The van der Waals surface area contributed by atoms with Crippen molar-refractivity contribution in [2.24, 2.45) is 0 Å². The first-order valence-corrected chi connectivity index (χ1v) is 13.0. The highest BCUT2D eigenvalue weighted by atomic mass is 35.5. The maximum Gasteiger partial charge on any atom is 0.573 e. The van der Waals surface area contributed by atoms with Gasteiger partial charge in [0.2, 0.25) is 0 Å². The average Bonchev–Trinajstić information content (AvgIpc) is 3.43. The number of aromatic nitrogens is 2. The summed E-state index contributed by atoms with van der Waals surface area (Å²) in [6, 6.07) is 12.8. The molecule has 1 fully saturated rings. The van der Waals surface area contributed by atoms with Crippen molar-refractivity contribution in [3.05, 3.63) is 64.8 Å². The van der Waals surface area contributed by atoms with E-state index in [2.05, 4.69) is 16.6 Å². The van der Waals surface area contributed by atoms with Gasteiger partial charge in [-0.15, -0.1) is 13.2 Å². The smallest absolute Gasteiger partial charge is 0.425 e. The van der Waals surface area contributed by atoms with Crippen LogP contribution < -0.4 is 14.4 Å². The Morgan fingerprint density at radius 1 is 1.13 bits per heavy atom. The lowest BCUT2D eigenvalue weighted by atomic mass is 10.2. The predicted molar refractivity (Wildman–Crippen MR) is 137 cm³/mol. The minimum atomic E-state index is -4.83. The third kappa shape index (κ3) is 5.70. The van der Waals surface area contributed by atoms with Gasteiger partial charge in [0.05, 0.1) is 6.54 Å². The van der Waals surface area contributed by atoms with Crippen LogP contribution in [0.5, 0.6) is 17.5 Å². The molecule has 202 valence electrons. The molecule has 0 bridgehead atoms. The molecule has 1 amide bonds. The zero-order valence-corrected chi connectivity index (χ0v) is 21.6. The number of alkyl halides is 3. The Labute approximate surface area is 223 Å². The Bertz CT molecular complexity index is 1300. The van der Waals surface area contributed by atoms with Crippen LogP contribution >= 0.6 is 11.6 Å². The summed E-state index contributed by atoms with van der Waals surface area (Å²) in [5, 5.41) is 0.581. The van der Waals surface area contributed by atoms with Gasteiger partial charge in [0.1, 0.15) is 11.5 Å². The molecule has 0 unspecified atom stereocenters. The van der Waals surface area contributed by atoms with E-state index in [-0.39, 0.29) is 30.3 Å². The number of hydrogen-bond donors (Lipinski definition) is 0. The maximum absolute atomic E-state index is 13.9. The number of unbranched alkanes of at least 4 members (excludes halogenated alkanes) is 1. The Morgan fingerprint density at radius 2 is 1.89 bits per heavy atom. The fourth-order valence-electron chi connectivity index (χ4n) is 5.00. The molecule has 0 radical (unpaired) electrons. The number of carbonyl (C=O) groups excluding carboxylic acids is 1. The summed E-state index contributed by atoms with van der Waals surface area (Å²) < 4.78 is 50.2. The Kier molecular flexibility index (Phi) is 7.43. The number of halogens is 4. The van der Waals surface area contributed by atoms with Gasteiger partial charge in [-0.2, -0.15) is 4.98 Å². The zero-order valence-electron chi connectivity index (χ0n) is 20.9. The van der Waals surface area contributed by atoms with Crippen molar-refractivity contribution >= 4 is 23.3 Å². The molecule has 38 heavy (non-hydrogen) atoms. The van der Waals surface area contributed by atoms with Crippen molar-refractivity contribution < 1.29 is 27.4 Å². The number of imidazole rings is 1. The van der Waals surface area contributed by atoms with Crippen LogP contribution in [0.4, 0.5) is 19.0 Å². The van der Waals surface area contributed by atoms with Gasteiger partial charge < -0.3 is 19.3 Å². The summed E-state index contributed by atoms with van der Waals surface area (Å²) in [6.07, 6.45) is -1.06. The van der Waals surface area contributed by atoms with Gasteiger partial charge in [-0.05, 0) is 49.1 Å². The van der Waals surface area contributed by atoms with Crippen LogP contribution in [0, 0.1) is 0 Å². The molecule has 3 aromatic rings. The van der Waals surface area contributed by atoms with Crippen molar-refractivity contribution in [2.45, 2.75) is 51.6 Å². The Hall–Kier alpha value is -3.40. The molecule has 2 aromatic carbocycles. The van der Waals surface area contributed by atoms with Crippen molar-refractivity contribution in [1.29, 1.82) is 0 Å². The van der Waals surface area contributed by atoms with E-state index in [0.29, 0.717) is 29.6 Å². The monoisotopic (exact) mass is 548 g/mol. The molecule has 1 aromatic heterocycles. The quantitative estimate of drug-likeness (QED) is 0.321. The van der Waals surface area contributed by atoms with Gasteiger partial charge in [-0.25, -0.2) is 0 Å². The van der Waals surface area contributed by atoms with Gasteiger partial charge in [0.25, 0.3) is 5.91 Å². The van der Waals surface area contributed by atoms with Crippen LogP contribution in [0.3, 0.4) is 0 Å². The number of nitrogens with zero attached hydrogens (tertiary/aromatic N) is 4. The molecule has 1 saturated heterocycles. The van der Waals surface area contributed by atoms with Crippen molar-refractivity contribution in [3.8, 4) is 17.5 Å². The SMILES string of the molecule is CCCCN1C[C@H]2CCCN2c2nc(Oc3cccc(OC(F)(F)F)c3)n(Cc3ccc(Cl)cc3)c2C1=O. The van der Waals surface area contributed by atoms with Crippen molar-refractivity contribution in [1.82, 2.24) is 14.5 Å². The summed E-state index contributed by atoms with van der Waals surface area (Å²) in [6.45, 7) is 4.38. The first kappa shape index (κ1) is 26.2. The van der Waals surface area contributed by atoms with E-state index in [9.17, 15) is 18.0 Å². The number of amides is 1. The van der Waals surface area contributed by atoms with Crippen LogP contribution in [0.15, 0.2) is 48.5 Å². The van der Waals surface area contributed by atoms with Gasteiger partial charge in [0.15, 0.2) is 11.5 Å². The average molecular weight is 549 g/mol. The summed E-state index contributed by atoms with van der Waals surface area (Å²) in [7, 11) is 0. The lowest BCUT2D eigenvalue weighted by molar-refractivity contribution is -0.274. The molecule has 5 rings (SSSR count). The number of rotatable bonds is 8. The molecule has 0 spiro atoms. The number of ether oxygens (including phenoxy) is 2. The van der Waals surface area contributed by atoms with Crippen LogP contribution in [0.2, 0.25) is 5.02 Å². The third-order valence-electron chi connectivity index (χ3n) is 6.77. The minimum Gasteiger partial charge on any atom is -0.425 e. The number of carbonyl (C=O) groups is 1. The number of fused-ring (bicyclic) bond motifs is 3. The standard InChI is InChI=1S/C27H28ClF3N4O3/c1-2-3-13-33-17-20-6-5-14-34(20)24-23(25(33)36)35(16-18-9-11-19(28)12-10-18)26(32-24)37-21-7-4-8-22(15-21)38-27(29,30)31/h4,7-12,15,20H,2-3,5-6,13-14,16-17H2,1H3/t20-/m1/s1. The summed E-state index contributed by atoms with van der Waals surface area (Å²) in [5.74, 6) is 0.114. The first-order chi connectivity index (χ1) is 18.2. The van der Waals surface area contributed by atoms with Crippen LogP contribution in [-0.2, 0) is 6.54 Å². The second-order valence-electron chi connectivity index (χ2n) is 9.50. The summed E-state index contributed by atoms with van der Waals surface area (Å²) >= 11 is 6.08. The number of hydrogen-bond acceptors (Lipinski definition) is 5. The Balaban J connectivity index is 1.58. The van der Waals surface area contributed by atoms with Gasteiger partial charge in [-0.1, -0.05) is 43.1 Å². The molecule has 7 nitrogen and oxygen atoms in total. The van der Waals surface area contributed by atoms with Gasteiger partial charge in [-0.3, -0.25) is 9.36 Å². The molecule has 0 aliphatic carbocycles. The predicted octanol–water partition coefficient (Wildman–Crippen LogP) is 6.50. The molecule has 0 N–H and O–H groups in total.